The maximum atomic E-state index is 12.7. The molecule has 7 nitrogen and oxygen atoms in total. The zero-order valence-corrected chi connectivity index (χ0v) is 21.0. The monoisotopic (exact) mass is 475 g/mol. The van der Waals surface area contributed by atoms with Crippen molar-refractivity contribution >= 4 is 17.7 Å². The topological polar surface area (TPSA) is 63.4 Å². The first kappa shape index (κ1) is 24.7. The van der Waals surface area contributed by atoms with Gasteiger partial charge < -0.3 is 14.4 Å². The summed E-state index contributed by atoms with van der Waals surface area (Å²) in [5.41, 5.74) is 4.29. The number of piperidine rings is 1. The van der Waals surface area contributed by atoms with E-state index < -0.39 is 5.60 Å². The lowest BCUT2D eigenvalue weighted by Gasteiger charge is -2.52. The molecule has 2 aromatic carbocycles. The molecule has 0 radical (unpaired) electrons. The highest BCUT2D eigenvalue weighted by atomic mass is 16.6. The summed E-state index contributed by atoms with van der Waals surface area (Å²) in [6, 6.07) is 14.2. The Labute approximate surface area is 207 Å². The summed E-state index contributed by atoms with van der Waals surface area (Å²) in [5.74, 6) is -0.255. The summed E-state index contributed by atoms with van der Waals surface area (Å²) in [5, 5.41) is 0. The molecule has 0 bridgehead atoms. The minimum absolute atomic E-state index is 0.219. The van der Waals surface area contributed by atoms with E-state index >= 15 is 0 Å². The lowest BCUT2D eigenvalue weighted by Crippen LogP contribution is -2.58. The average Bonchev–Trinajstić information content (AvgIpc) is 2.85. The molecule has 2 aromatic rings. The molecule has 1 fully saturated rings. The Balaban J connectivity index is 1.65. The second-order valence-corrected chi connectivity index (χ2v) is 10.3. The maximum Gasteiger partial charge on any atom is 0.410 e. The molecule has 0 aromatic heterocycles. The van der Waals surface area contributed by atoms with E-state index in [1.807, 2.05) is 45.0 Å². The zero-order valence-electron chi connectivity index (χ0n) is 21.0. The lowest BCUT2D eigenvalue weighted by atomic mass is 9.73. The quantitative estimate of drug-likeness (QED) is 0.453. The fourth-order valence-corrected chi connectivity index (χ4v) is 5.25. The Bertz CT molecular complexity index is 1150. The van der Waals surface area contributed by atoms with Crippen LogP contribution in [0.3, 0.4) is 0 Å². The molecule has 35 heavy (non-hydrogen) atoms. The number of likely N-dealkylation sites (tertiary alicyclic amines) is 1. The van der Waals surface area contributed by atoms with Crippen molar-refractivity contribution < 1.29 is 19.1 Å². The molecule has 0 N–H and O–H groups in total. The minimum atomic E-state index is -0.540. The lowest BCUT2D eigenvalue weighted by molar-refractivity contribution is -0.145. The number of nitrogens with zero attached hydrogens (tertiary/aromatic N) is 3. The van der Waals surface area contributed by atoms with Gasteiger partial charge in [0.2, 0.25) is 0 Å². The van der Waals surface area contributed by atoms with Crippen LogP contribution < -0.4 is 0 Å². The van der Waals surface area contributed by atoms with Gasteiger partial charge in [0.05, 0.1) is 25.8 Å². The van der Waals surface area contributed by atoms with E-state index in [4.69, 9.17) is 16.0 Å². The number of amides is 1. The van der Waals surface area contributed by atoms with Crippen LogP contribution in [-0.4, -0.2) is 60.8 Å². The van der Waals surface area contributed by atoms with Crippen molar-refractivity contribution in [2.45, 2.75) is 51.2 Å². The number of hydrogen-bond donors (Lipinski definition) is 0. The first-order valence-electron chi connectivity index (χ1n) is 12.1. The number of ether oxygens (including phenoxy) is 2. The van der Waals surface area contributed by atoms with E-state index in [1.165, 1.54) is 18.2 Å². The van der Waals surface area contributed by atoms with Crippen LogP contribution in [-0.2, 0) is 26.2 Å². The van der Waals surface area contributed by atoms with E-state index in [0.29, 0.717) is 31.6 Å². The molecule has 2 heterocycles. The minimum Gasteiger partial charge on any atom is -0.468 e. The second-order valence-electron chi connectivity index (χ2n) is 10.3. The highest BCUT2D eigenvalue weighted by Crippen LogP contribution is 2.44. The van der Waals surface area contributed by atoms with Crippen LogP contribution in [0.5, 0.6) is 0 Å². The number of esters is 1. The molecule has 2 aliphatic heterocycles. The van der Waals surface area contributed by atoms with E-state index in [0.717, 1.165) is 24.1 Å². The molecule has 0 aliphatic carbocycles. The Morgan fingerprint density at radius 1 is 1.06 bits per heavy atom. The number of carbonyl (C=O) groups is 2. The third-order valence-corrected chi connectivity index (χ3v) is 6.96. The largest absolute Gasteiger partial charge is 0.468 e. The Kier molecular flexibility index (Phi) is 6.86. The molecule has 1 amide bonds. The van der Waals surface area contributed by atoms with Gasteiger partial charge >= 0.3 is 12.1 Å². The third kappa shape index (κ3) is 5.18. The van der Waals surface area contributed by atoms with Gasteiger partial charge in [-0.15, -0.1) is 0 Å². The number of fused-ring (bicyclic) bond motifs is 2. The molecule has 4 rings (SSSR count). The standard InChI is InChI=1S/C28H33N3O4/c1-27(2,3)35-26(33)30-15-12-28(13-16-30)24-10-9-21(20-7-6-8-23(18-20)29-4)17-22(24)11-14-31(28)19-25(32)34-5/h6-10,17-18H,11-16,19H2,1-3,5H3. The maximum absolute atomic E-state index is 12.7. The molecule has 2 aliphatic rings. The number of carbonyl (C=O) groups excluding carboxylic acids is 2. The molecule has 7 heteroatoms. The van der Waals surface area contributed by atoms with Crippen molar-refractivity contribution in [1.82, 2.24) is 9.80 Å². The third-order valence-electron chi connectivity index (χ3n) is 6.96. The van der Waals surface area contributed by atoms with Crippen LogP contribution in [0.2, 0.25) is 0 Å². The Hall–Kier alpha value is -3.37. The van der Waals surface area contributed by atoms with Gasteiger partial charge in [0.25, 0.3) is 0 Å². The van der Waals surface area contributed by atoms with Gasteiger partial charge in [-0.3, -0.25) is 9.69 Å². The fraction of sp³-hybridized carbons (Fsp3) is 0.464. The van der Waals surface area contributed by atoms with Gasteiger partial charge in [-0.25, -0.2) is 9.64 Å². The highest BCUT2D eigenvalue weighted by molar-refractivity contribution is 5.73. The summed E-state index contributed by atoms with van der Waals surface area (Å²) >= 11 is 0. The Morgan fingerprint density at radius 3 is 2.43 bits per heavy atom. The number of methoxy groups -OCH3 is 1. The van der Waals surface area contributed by atoms with E-state index in [1.54, 1.807) is 4.90 Å². The molecular weight excluding hydrogens is 442 g/mol. The molecule has 1 spiro atoms. The van der Waals surface area contributed by atoms with Crippen molar-refractivity contribution in [2.24, 2.45) is 0 Å². The summed E-state index contributed by atoms with van der Waals surface area (Å²) in [6.45, 7) is 15.0. The van der Waals surface area contributed by atoms with Gasteiger partial charge in [-0.1, -0.05) is 36.4 Å². The van der Waals surface area contributed by atoms with Crippen LogP contribution in [0.4, 0.5) is 10.5 Å². The summed E-state index contributed by atoms with van der Waals surface area (Å²) in [6.07, 6.45) is 1.95. The van der Waals surface area contributed by atoms with Gasteiger partial charge in [-0.2, -0.15) is 0 Å². The van der Waals surface area contributed by atoms with Crippen molar-refractivity contribution in [3.8, 4) is 11.1 Å². The Morgan fingerprint density at radius 2 is 1.77 bits per heavy atom. The summed E-state index contributed by atoms with van der Waals surface area (Å²) in [4.78, 5) is 32.5. The van der Waals surface area contributed by atoms with Crippen molar-refractivity contribution in [2.75, 3.05) is 33.3 Å². The van der Waals surface area contributed by atoms with E-state index in [2.05, 4.69) is 27.9 Å². The van der Waals surface area contributed by atoms with Crippen LogP contribution in [0, 0.1) is 6.57 Å². The molecule has 0 saturated carbocycles. The average molecular weight is 476 g/mol. The molecule has 0 unspecified atom stereocenters. The van der Waals surface area contributed by atoms with Crippen LogP contribution in [0.1, 0.15) is 44.7 Å². The molecular formula is C28H33N3O4. The smallest absolute Gasteiger partial charge is 0.410 e. The summed E-state index contributed by atoms with van der Waals surface area (Å²) < 4.78 is 10.6. The summed E-state index contributed by atoms with van der Waals surface area (Å²) in [7, 11) is 1.42. The van der Waals surface area contributed by atoms with Crippen molar-refractivity contribution in [3.05, 3.63) is 65.0 Å². The van der Waals surface area contributed by atoms with Gasteiger partial charge in [0.1, 0.15) is 5.60 Å². The molecule has 0 atom stereocenters. The number of hydrogen-bond acceptors (Lipinski definition) is 5. The van der Waals surface area contributed by atoms with E-state index in [-0.39, 0.29) is 24.1 Å². The predicted octanol–water partition coefficient (Wildman–Crippen LogP) is 5.16. The molecule has 1 saturated heterocycles. The predicted molar refractivity (Wildman–Crippen MR) is 134 cm³/mol. The van der Waals surface area contributed by atoms with Crippen molar-refractivity contribution in [3.63, 3.8) is 0 Å². The van der Waals surface area contributed by atoms with Crippen molar-refractivity contribution in [1.29, 1.82) is 0 Å². The first-order chi connectivity index (χ1) is 16.6. The van der Waals surface area contributed by atoms with Crippen LogP contribution >= 0.6 is 0 Å². The first-order valence-corrected chi connectivity index (χ1v) is 12.1. The van der Waals surface area contributed by atoms with Crippen LogP contribution in [0.15, 0.2) is 42.5 Å². The molecule has 184 valence electrons. The number of benzene rings is 2. The second kappa shape index (κ2) is 9.71. The van der Waals surface area contributed by atoms with Gasteiger partial charge in [0.15, 0.2) is 5.69 Å². The van der Waals surface area contributed by atoms with Gasteiger partial charge in [0, 0.05) is 19.6 Å². The SMILES string of the molecule is [C-]#[N+]c1cccc(-c2ccc3c(c2)CCN(CC(=O)OC)C32CCN(C(=O)OC(C)(C)C)CC2)c1. The number of rotatable bonds is 3. The fourth-order valence-electron chi connectivity index (χ4n) is 5.25. The highest BCUT2D eigenvalue weighted by Gasteiger charge is 2.46. The normalized spacial score (nSPS) is 17.4. The van der Waals surface area contributed by atoms with E-state index in [9.17, 15) is 9.59 Å². The van der Waals surface area contributed by atoms with Crippen LogP contribution in [0.25, 0.3) is 16.0 Å². The zero-order chi connectivity index (χ0) is 25.2. The van der Waals surface area contributed by atoms with Gasteiger partial charge in [-0.05, 0) is 68.4 Å².